The van der Waals surface area contributed by atoms with E-state index in [2.05, 4.69) is 36.4 Å². The van der Waals surface area contributed by atoms with E-state index in [4.69, 9.17) is 0 Å². The van der Waals surface area contributed by atoms with Gasteiger partial charge < -0.3 is 5.32 Å². The monoisotopic (exact) mass is 285 g/mol. The fourth-order valence-corrected chi connectivity index (χ4v) is 2.44. The van der Waals surface area contributed by atoms with E-state index in [9.17, 15) is 4.79 Å². The Morgan fingerprint density at radius 2 is 1.90 bits per heavy atom. The van der Waals surface area contributed by atoms with E-state index in [1.54, 1.807) is 6.20 Å². The number of nitrogens with zero attached hydrogens (tertiary/aromatic N) is 2. The van der Waals surface area contributed by atoms with Crippen molar-refractivity contribution in [1.82, 2.24) is 15.1 Å². The minimum atomic E-state index is 0.114. The van der Waals surface area contributed by atoms with E-state index < -0.39 is 0 Å². The Bertz CT molecular complexity index is 559. The summed E-state index contributed by atoms with van der Waals surface area (Å²) in [4.78, 5) is 12.1. The van der Waals surface area contributed by atoms with Crippen molar-refractivity contribution >= 4 is 5.91 Å². The van der Waals surface area contributed by atoms with E-state index in [0.717, 1.165) is 24.9 Å². The van der Waals surface area contributed by atoms with Crippen molar-refractivity contribution in [2.75, 3.05) is 0 Å². The van der Waals surface area contributed by atoms with E-state index in [0.29, 0.717) is 6.54 Å². The average Bonchev–Trinajstić information content (AvgIpc) is 3.00. The molecule has 0 aliphatic heterocycles. The number of hydrogen-bond acceptors (Lipinski definition) is 2. The van der Waals surface area contributed by atoms with Crippen LogP contribution in [0.25, 0.3) is 0 Å². The summed E-state index contributed by atoms with van der Waals surface area (Å²) in [7, 11) is 0. The van der Waals surface area contributed by atoms with Crippen LogP contribution in [0, 0.1) is 5.92 Å². The minimum Gasteiger partial charge on any atom is -0.352 e. The minimum absolute atomic E-state index is 0.114. The third-order valence-corrected chi connectivity index (χ3v) is 3.82. The van der Waals surface area contributed by atoms with Gasteiger partial charge in [-0.3, -0.25) is 9.48 Å². The van der Waals surface area contributed by atoms with Crippen LogP contribution < -0.4 is 5.32 Å². The van der Waals surface area contributed by atoms with Gasteiger partial charge >= 0.3 is 0 Å². The SMILES string of the molecule is CCC(CC)C(=O)NCc1ccccc1Cn1cccn1. The van der Waals surface area contributed by atoms with E-state index >= 15 is 0 Å². The zero-order valence-corrected chi connectivity index (χ0v) is 12.7. The topological polar surface area (TPSA) is 46.9 Å². The number of carbonyl (C=O) groups excluding carboxylic acids is 1. The average molecular weight is 285 g/mol. The van der Waals surface area contributed by atoms with Crippen LogP contribution in [0.5, 0.6) is 0 Å². The lowest BCUT2D eigenvalue weighted by atomic mass is 10.0. The molecule has 4 heteroatoms. The first-order valence-corrected chi connectivity index (χ1v) is 7.56. The first kappa shape index (κ1) is 15.3. The maximum atomic E-state index is 12.1. The van der Waals surface area contributed by atoms with Gasteiger partial charge in [0.05, 0.1) is 6.54 Å². The molecule has 1 N–H and O–H groups in total. The molecule has 1 aromatic heterocycles. The lowest BCUT2D eigenvalue weighted by Gasteiger charge is -2.15. The Morgan fingerprint density at radius 1 is 1.19 bits per heavy atom. The maximum Gasteiger partial charge on any atom is 0.223 e. The highest BCUT2D eigenvalue weighted by atomic mass is 16.1. The molecule has 0 fully saturated rings. The van der Waals surface area contributed by atoms with Crippen LogP contribution in [0.1, 0.15) is 37.8 Å². The Balaban J connectivity index is 2.01. The molecule has 0 saturated carbocycles. The van der Waals surface area contributed by atoms with Gasteiger partial charge in [0.1, 0.15) is 0 Å². The number of amides is 1. The molecule has 1 amide bonds. The molecule has 1 aromatic carbocycles. The smallest absolute Gasteiger partial charge is 0.223 e. The lowest BCUT2D eigenvalue weighted by Crippen LogP contribution is -2.30. The molecule has 4 nitrogen and oxygen atoms in total. The largest absolute Gasteiger partial charge is 0.352 e. The van der Waals surface area contributed by atoms with Crippen LogP contribution in [0.15, 0.2) is 42.7 Å². The molecule has 0 atom stereocenters. The second kappa shape index (κ2) is 7.62. The molecule has 21 heavy (non-hydrogen) atoms. The van der Waals surface area contributed by atoms with Crippen LogP contribution in [-0.2, 0) is 17.9 Å². The summed E-state index contributed by atoms with van der Waals surface area (Å²) in [6.07, 6.45) is 5.49. The number of aromatic nitrogens is 2. The first-order chi connectivity index (χ1) is 10.2. The highest BCUT2D eigenvalue weighted by Crippen LogP contribution is 2.12. The van der Waals surface area contributed by atoms with E-state index in [1.807, 2.05) is 29.1 Å². The molecular weight excluding hydrogens is 262 g/mol. The molecule has 0 unspecified atom stereocenters. The van der Waals surface area contributed by atoms with Crippen LogP contribution in [0.3, 0.4) is 0 Å². The second-order valence-corrected chi connectivity index (χ2v) is 5.20. The quantitative estimate of drug-likeness (QED) is 0.850. The van der Waals surface area contributed by atoms with E-state index in [1.165, 1.54) is 5.56 Å². The van der Waals surface area contributed by atoms with Crippen molar-refractivity contribution in [2.24, 2.45) is 5.92 Å². The van der Waals surface area contributed by atoms with E-state index in [-0.39, 0.29) is 11.8 Å². The molecule has 0 aliphatic rings. The molecule has 0 bridgehead atoms. The van der Waals surface area contributed by atoms with Crippen molar-refractivity contribution < 1.29 is 4.79 Å². The van der Waals surface area contributed by atoms with Crippen LogP contribution >= 0.6 is 0 Å². The highest BCUT2D eigenvalue weighted by molar-refractivity contribution is 5.78. The summed E-state index contributed by atoms with van der Waals surface area (Å²) in [5, 5.41) is 7.28. The highest BCUT2D eigenvalue weighted by Gasteiger charge is 2.14. The van der Waals surface area contributed by atoms with Crippen LogP contribution in [0.4, 0.5) is 0 Å². The summed E-state index contributed by atoms with van der Waals surface area (Å²) in [5.41, 5.74) is 2.33. The number of hydrogen-bond donors (Lipinski definition) is 1. The normalized spacial score (nSPS) is 10.8. The fourth-order valence-electron chi connectivity index (χ4n) is 2.44. The van der Waals surface area contributed by atoms with Gasteiger partial charge in [-0.05, 0) is 30.0 Å². The Morgan fingerprint density at radius 3 is 2.52 bits per heavy atom. The summed E-state index contributed by atoms with van der Waals surface area (Å²) >= 11 is 0. The van der Waals surface area contributed by atoms with Crippen molar-refractivity contribution in [3.8, 4) is 0 Å². The Kier molecular flexibility index (Phi) is 5.55. The van der Waals surface area contributed by atoms with Gasteiger partial charge in [-0.1, -0.05) is 38.1 Å². The Labute approximate surface area is 126 Å². The van der Waals surface area contributed by atoms with Gasteiger partial charge in [0.25, 0.3) is 0 Å². The zero-order chi connectivity index (χ0) is 15.1. The van der Waals surface area contributed by atoms with Crippen molar-refractivity contribution in [2.45, 2.75) is 39.8 Å². The van der Waals surface area contributed by atoms with Gasteiger partial charge in [-0.2, -0.15) is 5.10 Å². The summed E-state index contributed by atoms with van der Waals surface area (Å²) in [6, 6.07) is 10.1. The molecule has 2 aromatic rings. The molecule has 1 heterocycles. The first-order valence-electron chi connectivity index (χ1n) is 7.56. The van der Waals surface area contributed by atoms with Gasteiger partial charge in [-0.25, -0.2) is 0 Å². The molecule has 112 valence electrons. The van der Waals surface area contributed by atoms with Crippen LogP contribution in [0.2, 0.25) is 0 Å². The fraction of sp³-hybridized carbons (Fsp3) is 0.412. The molecule has 0 saturated heterocycles. The van der Waals surface area contributed by atoms with Gasteiger partial charge in [-0.15, -0.1) is 0 Å². The predicted octanol–water partition coefficient (Wildman–Crippen LogP) is 2.98. The summed E-state index contributed by atoms with van der Waals surface area (Å²) in [6.45, 7) is 5.41. The summed E-state index contributed by atoms with van der Waals surface area (Å²) in [5.74, 6) is 0.261. The van der Waals surface area contributed by atoms with Crippen LogP contribution in [-0.4, -0.2) is 15.7 Å². The summed E-state index contributed by atoms with van der Waals surface area (Å²) < 4.78 is 1.89. The number of rotatable bonds is 7. The standard InChI is InChI=1S/C17H23N3O/c1-3-14(4-2)17(21)18-12-15-8-5-6-9-16(15)13-20-11-7-10-19-20/h5-11,14H,3-4,12-13H2,1-2H3,(H,18,21). The third kappa shape index (κ3) is 4.18. The Hall–Kier alpha value is -2.10. The number of benzene rings is 1. The van der Waals surface area contributed by atoms with Crippen molar-refractivity contribution in [3.63, 3.8) is 0 Å². The lowest BCUT2D eigenvalue weighted by molar-refractivity contribution is -0.125. The molecule has 0 aliphatic carbocycles. The second-order valence-electron chi connectivity index (χ2n) is 5.20. The maximum absolute atomic E-state index is 12.1. The number of carbonyl (C=O) groups is 1. The van der Waals surface area contributed by atoms with Crippen molar-refractivity contribution in [1.29, 1.82) is 0 Å². The zero-order valence-electron chi connectivity index (χ0n) is 12.7. The van der Waals surface area contributed by atoms with Gasteiger partial charge in [0.15, 0.2) is 0 Å². The third-order valence-electron chi connectivity index (χ3n) is 3.82. The molecular formula is C17H23N3O. The molecule has 2 rings (SSSR count). The van der Waals surface area contributed by atoms with Gasteiger partial charge in [0, 0.05) is 24.9 Å². The van der Waals surface area contributed by atoms with Crippen molar-refractivity contribution in [3.05, 3.63) is 53.9 Å². The predicted molar refractivity (Wildman–Crippen MR) is 83.7 cm³/mol. The number of nitrogens with one attached hydrogen (secondary N) is 1. The van der Waals surface area contributed by atoms with Gasteiger partial charge in [0.2, 0.25) is 5.91 Å². The molecule has 0 radical (unpaired) electrons. The molecule has 0 spiro atoms.